The molecule has 0 aliphatic rings. The minimum atomic E-state index is -0.927. The highest BCUT2D eigenvalue weighted by atomic mass is 32.1. The molecule has 0 aromatic heterocycles. The molecular weight excluding hydrogens is 333 g/mol. The summed E-state index contributed by atoms with van der Waals surface area (Å²) in [6.07, 6.45) is 1.49. The van der Waals surface area contributed by atoms with E-state index in [1.165, 1.54) is 19.3 Å². The maximum Gasteiger partial charge on any atom is 0.242 e. The second kappa shape index (κ2) is 8.81. The number of carbonyl (C=O) groups excluding carboxylic acids is 1. The van der Waals surface area contributed by atoms with E-state index in [0.717, 1.165) is 6.07 Å². The van der Waals surface area contributed by atoms with Gasteiger partial charge in [-0.15, -0.1) is 0 Å². The van der Waals surface area contributed by atoms with Gasteiger partial charge in [0.1, 0.15) is 22.9 Å². The van der Waals surface area contributed by atoms with Crippen LogP contribution in [0, 0.1) is 17.1 Å². The number of hydrogen-bond acceptors (Lipinski definition) is 6. The number of hydrogen-bond donors (Lipinski definition) is 4. The lowest BCUT2D eigenvalue weighted by Gasteiger charge is -2.18. The molecule has 0 bridgehead atoms. The first kappa shape index (κ1) is 19.3. The molecule has 0 saturated carbocycles. The van der Waals surface area contributed by atoms with Gasteiger partial charge in [0.25, 0.3) is 0 Å². The first-order valence-electron chi connectivity index (χ1n) is 6.81. The van der Waals surface area contributed by atoms with Crippen molar-refractivity contribution in [3.05, 3.63) is 35.3 Å². The number of nitrogens with zero attached hydrogens (tertiary/aromatic N) is 1. The van der Waals surface area contributed by atoms with E-state index in [-0.39, 0.29) is 28.5 Å². The largest absolute Gasteiger partial charge is 0.402 e. The fourth-order valence-corrected chi connectivity index (χ4v) is 2.10. The van der Waals surface area contributed by atoms with Crippen LogP contribution >= 0.6 is 12.2 Å². The molecule has 0 aliphatic carbocycles. The summed E-state index contributed by atoms with van der Waals surface area (Å²) in [5.41, 5.74) is 11.5. The van der Waals surface area contributed by atoms with Crippen molar-refractivity contribution in [2.75, 3.05) is 24.4 Å². The molecule has 0 radical (unpaired) electrons. The van der Waals surface area contributed by atoms with E-state index in [4.69, 9.17) is 33.7 Å². The summed E-state index contributed by atoms with van der Waals surface area (Å²) in [5.74, 6) is -1.41. The Hall–Kier alpha value is -2.70. The number of benzene rings is 1. The Bertz CT molecular complexity index is 711. The zero-order chi connectivity index (χ0) is 18.3. The lowest BCUT2D eigenvalue weighted by Crippen LogP contribution is -2.39. The van der Waals surface area contributed by atoms with E-state index in [9.17, 15) is 9.18 Å². The molecule has 0 spiro atoms. The maximum absolute atomic E-state index is 14.1. The Morgan fingerprint density at radius 3 is 2.67 bits per heavy atom. The monoisotopic (exact) mass is 351 g/mol. The van der Waals surface area contributed by atoms with E-state index in [1.54, 1.807) is 6.92 Å². The number of methoxy groups -OCH3 is 1. The second-order valence-electron chi connectivity index (χ2n) is 4.92. The summed E-state index contributed by atoms with van der Waals surface area (Å²) in [6.45, 7) is 1.62. The van der Waals surface area contributed by atoms with Gasteiger partial charge in [0.15, 0.2) is 0 Å². The quantitative estimate of drug-likeness (QED) is 0.429. The molecule has 1 aromatic carbocycles. The molecule has 9 heteroatoms. The average Bonchev–Trinajstić information content (AvgIpc) is 2.48. The molecular formula is C15H18FN5O2S. The number of allylic oxidation sites excluding steroid dienone is 1. The molecule has 1 atom stereocenters. The van der Waals surface area contributed by atoms with Gasteiger partial charge in [0.05, 0.1) is 23.5 Å². The van der Waals surface area contributed by atoms with Crippen LogP contribution < -0.4 is 22.1 Å². The number of rotatable bonds is 7. The van der Waals surface area contributed by atoms with Gasteiger partial charge in [-0.2, -0.15) is 5.26 Å². The van der Waals surface area contributed by atoms with Crippen LogP contribution in [0.1, 0.15) is 12.5 Å². The Morgan fingerprint density at radius 1 is 1.50 bits per heavy atom. The number of amides is 1. The lowest BCUT2D eigenvalue weighted by atomic mass is 10.1. The molecule has 0 saturated heterocycles. The molecule has 1 aromatic rings. The Labute approximate surface area is 144 Å². The minimum Gasteiger partial charge on any atom is -0.402 e. The van der Waals surface area contributed by atoms with Crippen LogP contribution in [0.4, 0.5) is 15.8 Å². The van der Waals surface area contributed by atoms with Crippen molar-refractivity contribution >= 4 is 34.5 Å². The van der Waals surface area contributed by atoms with Crippen LogP contribution in [-0.4, -0.2) is 30.7 Å². The van der Waals surface area contributed by atoms with E-state index in [2.05, 4.69) is 10.6 Å². The van der Waals surface area contributed by atoms with Gasteiger partial charge in [-0.1, -0.05) is 12.2 Å². The number of primary amides is 1. The van der Waals surface area contributed by atoms with Crippen molar-refractivity contribution in [1.82, 2.24) is 0 Å². The highest BCUT2D eigenvalue weighted by Gasteiger charge is 2.18. The smallest absolute Gasteiger partial charge is 0.242 e. The number of anilines is 2. The normalized spacial score (nSPS) is 12.2. The molecule has 0 unspecified atom stereocenters. The first-order valence-corrected chi connectivity index (χ1v) is 7.22. The van der Waals surface area contributed by atoms with Gasteiger partial charge in [-0.25, -0.2) is 4.39 Å². The molecule has 0 heterocycles. The van der Waals surface area contributed by atoms with Gasteiger partial charge in [0.2, 0.25) is 5.91 Å². The molecule has 0 fully saturated rings. The van der Waals surface area contributed by atoms with Crippen molar-refractivity contribution in [3.63, 3.8) is 0 Å². The summed E-state index contributed by atoms with van der Waals surface area (Å²) in [5, 5.41) is 14.6. The third-order valence-electron chi connectivity index (χ3n) is 2.85. The topological polar surface area (TPSA) is 126 Å². The highest BCUT2D eigenvalue weighted by Crippen LogP contribution is 2.25. The van der Waals surface area contributed by atoms with E-state index in [0.29, 0.717) is 5.70 Å². The SMILES string of the molecule is COC[C@@H](Nc1cc(NC(=S)C=C(C)N)c(C#N)cc1F)C(N)=O. The van der Waals surface area contributed by atoms with Gasteiger partial charge < -0.3 is 26.8 Å². The number of ether oxygens (including phenoxy) is 1. The van der Waals surface area contributed by atoms with Crippen molar-refractivity contribution < 1.29 is 13.9 Å². The molecule has 1 rings (SSSR count). The molecule has 7 nitrogen and oxygen atoms in total. The third kappa shape index (κ3) is 5.49. The predicted molar refractivity (Wildman–Crippen MR) is 93.8 cm³/mol. The van der Waals surface area contributed by atoms with Crippen molar-refractivity contribution in [3.8, 4) is 6.07 Å². The zero-order valence-corrected chi connectivity index (χ0v) is 14.0. The highest BCUT2D eigenvalue weighted by molar-refractivity contribution is 7.81. The molecule has 6 N–H and O–H groups in total. The van der Waals surface area contributed by atoms with Crippen molar-refractivity contribution in [2.45, 2.75) is 13.0 Å². The van der Waals surface area contributed by atoms with E-state index in [1.807, 2.05) is 6.07 Å². The number of halogens is 1. The van der Waals surface area contributed by atoms with Crippen LogP contribution in [0.3, 0.4) is 0 Å². The molecule has 24 heavy (non-hydrogen) atoms. The van der Waals surface area contributed by atoms with E-state index >= 15 is 0 Å². The number of carbonyl (C=O) groups is 1. The molecule has 1 amide bonds. The number of nitrogens with one attached hydrogen (secondary N) is 2. The summed E-state index contributed by atoms with van der Waals surface area (Å²) in [4.78, 5) is 11.6. The molecule has 128 valence electrons. The van der Waals surface area contributed by atoms with Crippen LogP contribution in [0.5, 0.6) is 0 Å². The van der Waals surface area contributed by atoms with Crippen LogP contribution in [0.15, 0.2) is 23.9 Å². The van der Waals surface area contributed by atoms with E-state index < -0.39 is 17.8 Å². The van der Waals surface area contributed by atoms with Gasteiger partial charge in [-0.3, -0.25) is 4.79 Å². The zero-order valence-electron chi connectivity index (χ0n) is 13.2. The number of nitriles is 1. The maximum atomic E-state index is 14.1. The summed E-state index contributed by atoms with van der Waals surface area (Å²) in [6, 6.07) is 3.29. The van der Waals surface area contributed by atoms with Crippen LogP contribution in [0.2, 0.25) is 0 Å². The predicted octanol–water partition coefficient (Wildman–Crippen LogP) is 1.21. The fourth-order valence-electron chi connectivity index (χ4n) is 1.80. The first-order chi connectivity index (χ1) is 11.3. The third-order valence-corrected chi connectivity index (χ3v) is 3.07. The van der Waals surface area contributed by atoms with Gasteiger partial charge in [-0.05, 0) is 25.1 Å². The van der Waals surface area contributed by atoms with Gasteiger partial charge in [0, 0.05) is 12.8 Å². The second-order valence-corrected chi connectivity index (χ2v) is 5.36. The Morgan fingerprint density at radius 2 is 2.17 bits per heavy atom. The Balaban J connectivity index is 3.17. The van der Waals surface area contributed by atoms with Crippen LogP contribution in [-0.2, 0) is 9.53 Å². The molecule has 0 aliphatic heterocycles. The standard InChI is InChI=1S/C15H18FN5O2S/c1-8(18)3-14(24)21-11-5-12(10(16)4-9(11)6-17)20-13(7-23-2)15(19)22/h3-5,13,20H,7,18H2,1-2H3,(H2,19,22)(H,21,24)/t13-/m1/s1. The lowest BCUT2D eigenvalue weighted by molar-refractivity contribution is -0.119. The minimum absolute atomic E-state index is 0.0198. The number of thiocarbonyl (C=S) groups is 1. The summed E-state index contributed by atoms with van der Waals surface area (Å²) >= 11 is 5.08. The summed E-state index contributed by atoms with van der Waals surface area (Å²) in [7, 11) is 1.39. The van der Waals surface area contributed by atoms with Gasteiger partial charge >= 0.3 is 0 Å². The van der Waals surface area contributed by atoms with Crippen LogP contribution in [0.25, 0.3) is 0 Å². The van der Waals surface area contributed by atoms with Crippen molar-refractivity contribution in [2.24, 2.45) is 11.5 Å². The van der Waals surface area contributed by atoms with Crippen molar-refractivity contribution in [1.29, 1.82) is 5.26 Å². The fraction of sp³-hybridized carbons (Fsp3) is 0.267. The number of nitrogens with two attached hydrogens (primary N) is 2. The Kier molecular flexibility index (Phi) is 7.10. The average molecular weight is 351 g/mol. The summed E-state index contributed by atoms with van der Waals surface area (Å²) < 4.78 is 19.0.